The van der Waals surface area contributed by atoms with Gasteiger partial charge in [0.05, 0.1) is 18.0 Å². The number of fused-ring (bicyclic) bond motifs is 1. The molecule has 176 valence electrons. The van der Waals surface area contributed by atoms with Gasteiger partial charge in [0.2, 0.25) is 11.6 Å². The number of anilines is 2. The smallest absolute Gasteiger partial charge is 0.263 e. The average Bonchev–Trinajstić information content (AvgIpc) is 2.89. The normalized spacial score (nSPS) is 11.7. The third-order valence-electron chi connectivity index (χ3n) is 5.93. The second kappa shape index (κ2) is 9.53. The predicted molar refractivity (Wildman–Crippen MR) is 145 cm³/mol. The van der Waals surface area contributed by atoms with Crippen LogP contribution in [-0.2, 0) is 0 Å². The molecule has 0 saturated heterocycles. The van der Waals surface area contributed by atoms with E-state index in [4.69, 9.17) is 23.9 Å². The maximum atomic E-state index is 14.2. The fourth-order valence-corrected chi connectivity index (χ4v) is 4.49. The molecule has 2 aromatic heterocycles. The minimum Gasteiger partial charge on any atom is -0.371 e. The molecule has 8 heteroatoms. The third-order valence-corrected chi connectivity index (χ3v) is 6.17. The lowest BCUT2D eigenvalue weighted by atomic mass is 9.98. The number of nitrogen functional groups attached to an aromatic ring is 1. The van der Waals surface area contributed by atoms with Gasteiger partial charge in [0.15, 0.2) is 0 Å². The van der Waals surface area contributed by atoms with Gasteiger partial charge in [0, 0.05) is 22.6 Å². The summed E-state index contributed by atoms with van der Waals surface area (Å²) in [7, 11) is 0. The van der Waals surface area contributed by atoms with Crippen LogP contribution in [0.25, 0.3) is 32.4 Å². The number of para-hydroxylation sites is 1. The Bertz CT molecular complexity index is 1690. The van der Waals surface area contributed by atoms with Gasteiger partial charge in [0.1, 0.15) is 5.82 Å². The number of halogens is 1. The summed E-state index contributed by atoms with van der Waals surface area (Å²) in [6, 6.07) is 24.3. The molecule has 0 unspecified atom stereocenters. The van der Waals surface area contributed by atoms with Gasteiger partial charge in [0.25, 0.3) is 5.56 Å². The van der Waals surface area contributed by atoms with Crippen molar-refractivity contribution in [3.63, 3.8) is 0 Å². The molecule has 0 bridgehead atoms. The molecule has 1 atom stereocenters. The fourth-order valence-electron chi connectivity index (χ4n) is 4.30. The van der Waals surface area contributed by atoms with Gasteiger partial charge in [-0.1, -0.05) is 60.1 Å². The van der Waals surface area contributed by atoms with Crippen molar-refractivity contribution < 1.29 is 0 Å². The molecule has 3 aromatic carbocycles. The number of pyridine rings is 1. The lowest BCUT2D eigenvalue weighted by Gasteiger charge is -2.22. The Morgan fingerprint density at radius 2 is 1.83 bits per heavy atom. The van der Waals surface area contributed by atoms with E-state index in [0.717, 1.165) is 22.2 Å². The molecule has 3 N–H and O–H groups in total. The number of nitrogens with two attached hydrogens (primary N) is 1. The number of aromatic nitrogens is 3. The molecule has 0 aliphatic carbocycles. The van der Waals surface area contributed by atoms with Crippen molar-refractivity contribution in [3.05, 3.63) is 118 Å². The van der Waals surface area contributed by atoms with Crippen LogP contribution in [0.3, 0.4) is 0 Å². The van der Waals surface area contributed by atoms with E-state index in [0.29, 0.717) is 21.9 Å². The topological polar surface area (TPSA) is 90.2 Å². The van der Waals surface area contributed by atoms with Crippen LogP contribution in [0.2, 0.25) is 5.02 Å². The Hall–Kier alpha value is -4.67. The number of rotatable bonds is 5. The largest absolute Gasteiger partial charge is 0.371 e. The summed E-state index contributed by atoms with van der Waals surface area (Å²) in [5.41, 5.74) is 8.94. The summed E-state index contributed by atoms with van der Waals surface area (Å²) in [5.74, 6) is 0.368. The van der Waals surface area contributed by atoms with Gasteiger partial charge < -0.3 is 11.1 Å². The summed E-state index contributed by atoms with van der Waals surface area (Å²) in [6.07, 6.45) is 1.38. The Morgan fingerprint density at radius 3 is 2.58 bits per heavy atom. The second-order valence-corrected chi connectivity index (χ2v) is 8.70. The monoisotopic (exact) mass is 492 g/mol. The van der Waals surface area contributed by atoms with Gasteiger partial charge in [-0.05, 0) is 53.8 Å². The van der Waals surface area contributed by atoms with Crippen molar-refractivity contribution in [1.82, 2.24) is 14.5 Å². The zero-order chi connectivity index (χ0) is 25.2. The van der Waals surface area contributed by atoms with E-state index in [1.54, 1.807) is 10.6 Å². The van der Waals surface area contributed by atoms with Crippen LogP contribution in [0.1, 0.15) is 18.7 Å². The van der Waals surface area contributed by atoms with Crippen molar-refractivity contribution in [2.75, 3.05) is 11.1 Å². The highest BCUT2D eigenvalue weighted by molar-refractivity contribution is 6.30. The standard InChI is InChI=1S/C28H21ClN6O/c1-17(33-26-23(31-2)16-32-28(30)34-26)24-15-19-9-7-13-22(18-8-6-10-20(29)14-18)25(19)27(36)35(24)21-11-4-3-5-12-21/h3-17H,1H3,(H3,30,32,33,34)/t17-/m0/s1. The highest BCUT2D eigenvalue weighted by atomic mass is 35.5. The summed E-state index contributed by atoms with van der Waals surface area (Å²) in [6.45, 7) is 9.35. The van der Waals surface area contributed by atoms with E-state index in [-0.39, 0.29) is 17.2 Å². The van der Waals surface area contributed by atoms with E-state index in [2.05, 4.69) is 20.1 Å². The minimum atomic E-state index is -0.396. The molecule has 0 aliphatic heterocycles. The summed E-state index contributed by atoms with van der Waals surface area (Å²) < 4.78 is 1.69. The molecule has 0 radical (unpaired) electrons. The first-order valence-corrected chi connectivity index (χ1v) is 11.6. The third kappa shape index (κ3) is 4.26. The van der Waals surface area contributed by atoms with Crippen molar-refractivity contribution in [2.24, 2.45) is 0 Å². The van der Waals surface area contributed by atoms with E-state index in [1.807, 2.05) is 79.7 Å². The number of hydrogen-bond acceptors (Lipinski definition) is 5. The molecule has 2 heterocycles. The Balaban J connectivity index is 1.75. The van der Waals surface area contributed by atoms with Crippen LogP contribution >= 0.6 is 11.6 Å². The van der Waals surface area contributed by atoms with Gasteiger partial charge in [-0.3, -0.25) is 9.36 Å². The van der Waals surface area contributed by atoms with Crippen LogP contribution in [-0.4, -0.2) is 14.5 Å². The van der Waals surface area contributed by atoms with Crippen LogP contribution in [0.4, 0.5) is 17.5 Å². The SMILES string of the molecule is [C-]#[N+]c1cnc(N)nc1N[C@@H](C)c1cc2cccc(-c3cccc(Cl)c3)c2c(=O)n1-c1ccccc1. The predicted octanol–water partition coefficient (Wildman–Crippen LogP) is 6.41. The van der Waals surface area contributed by atoms with Crippen molar-refractivity contribution in [3.8, 4) is 16.8 Å². The molecule has 36 heavy (non-hydrogen) atoms. The Labute approximate surface area is 212 Å². The van der Waals surface area contributed by atoms with Gasteiger partial charge in [-0.15, -0.1) is 0 Å². The number of benzene rings is 3. The van der Waals surface area contributed by atoms with Crippen LogP contribution in [0, 0.1) is 6.57 Å². The van der Waals surface area contributed by atoms with Crippen molar-refractivity contribution >= 4 is 39.8 Å². The van der Waals surface area contributed by atoms with E-state index in [1.165, 1.54) is 6.20 Å². The quantitative estimate of drug-likeness (QED) is 0.277. The fraction of sp³-hybridized carbons (Fsp3) is 0.0714. The summed E-state index contributed by atoms with van der Waals surface area (Å²) >= 11 is 6.26. The first-order chi connectivity index (χ1) is 17.5. The van der Waals surface area contributed by atoms with Gasteiger partial charge in [-0.2, -0.15) is 0 Å². The van der Waals surface area contributed by atoms with Crippen LogP contribution in [0.5, 0.6) is 0 Å². The van der Waals surface area contributed by atoms with Gasteiger partial charge in [-0.25, -0.2) is 14.8 Å². The number of nitrogens with zero attached hydrogens (tertiary/aromatic N) is 4. The van der Waals surface area contributed by atoms with Gasteiger partial charge >= 0.3 is 0 Å². The van der Waals surface area contributed by atoms with Crippen LogP contribution in [0.15, 0.2) is 89.9 Å². The Kier molecular flexibility index (Phi) is 6.11. The number of hydrogen-bond donors (Lipinski definition) is 2. The summed E-state index contributed by atoms with van der Waals surface area (Å²) in [5, 5.41) is 5.23. The average molecular weight is 493 g/mol. The van der Waals surface area contributed by atoms with Crippen LogP contribution < -0.4 is 16.6 Å². The second-order valence-electron chi connectivity index (χ2n) is 8.27. The molecule has 7 nitrogen and oxygen atoms in total. The molecule has 0 amide bonds. The molecule has 5 aromatic rings. The minimum absolute atomic E-state index is 0.0576. The zero-order valence-electron chi connectivity index (χ0n) is 19.3. The first-order valence-electron chi connectivity index (χ1n) is 11.2. The first kappa shape index (κ1) is 23.1. The molecule has 5 rings (SSSR count). The molecular weight excluding hydrogens is 472 g/mol. The van der Waals surface area contributed by atoms with E-state index >= 15 is 0 Å². The number of nitrogens with one attached hydrogen (secondary N) is 1. The molecule has 0 spiro atoms. The van der Waals surface area contributed by atoms with E-state index in [9.17, 15) is 4.79 Å². The molecule has 0 aliphatic rings. The maximum Gasteiger partial charge on any atom is 0.263 e. The van der Waals surface area contributed by atoms with Crippen molar-refractivity contribution in [2.45, 2.75) is 13.0 Å². The molecule has 0 fully saturated rings. The highest BCUT2D eigenvalue weighted by Crippen LogP contribution is 2.32. The molecule has 0 saturated carbocycles. The van der Waals surface area contributed by atoms with E-state index < -0.39 is 6.04 Å². The zero-order valence-corrected chi connectivity index (χ0v) is 20.1. The lowest BCUT2D eigenvalue weighted by molar-refractivity contribution is 0.774. The molecular formula is C28H21ClN6O. The summed E-state index contributed by atoms with van der Waals surface area (Å²) in [4.78, 5) is 25.8. The van der Waals surface area contributed by atoms with Crippen molar-refractivity contribution in [1.29, 1.82) is 0 Å². The lowest BCUT2D eigenvalue weighted by Crippen LogP contribution is -2.26. The maximum absolute atomic E-state index is 14.2. The Morgan fingerprint density at radius 1 is 1.06 bits per heavy atom. The highest BCUT2D eigenvalue weighted by Gasteiger charge is 2.20.